The number of nitrogens with one attached hydrogen (secondary N) is 1. The van der Waals surface area contributed by atoms with Crippen LogP contribution in [0, 0.1) is 0 Å². The van der Waals surface area contributed by atoms with E-state index in [0.29, 0.717) is 18.1 Å². The van der Waals surface area contributed by atoms with Crippen LogP contribution in [0.15, 0.2) is 60.9 Å². The van der Waals surface area contributed by atoms with Gasteiger partial charge >= 0.3 is 0 Å². The summed E-state index contributed by atoms with van der Waals surface area (Å²) < 4.78 is 11.3. The lowest BCUT2D eigenvalue weighted by Crippen LogP contribution is -2.12. The van der Waals surface area contributed by atoms with Crippen molar-refractivity contribution in [2.75, 3.05) is 25.6 Å². The van der Waals surface area contributed by atoms with Gasteiger partial charge in [-0.1, -0.05) is 43.7 Å². The molecule has 6 nitrogen and oxygen atoms in total. The first-order chi connectivity index (χ1) is 15.2. The number of hydrogen-bond acceptors (Lipinski definition) is 6. The topological polar surface area (TPSA) is 76.5 Å². The molecular weight excluding hydrogens is 390 g/mol. The number of ether oxygens (including phenoxy) is 2. The van der Waals surface area contributed by atoms with Gasteiger partial charge in [0.15, 0.2) is 11.5 Å². The molecule has 1 aromatic heterocycles. The van der Waals surface area contributed by atoms with Crippen molar-refractivity contribution in [1.82, 2.24) is 9.97 Å². The van der Waals surface area contributed by atoms with Gasteiger partial charge in [-0.3, -0.25) is 4.98 Å². The van der Waals surface area contributed by atoms with E-state index in [0.717, 1.165) is 42.8 Å². The summed E-state index contributed by atoms with van der Waals surface area (Å²) in [5, 5.41) is 12.4. The molecule has 0 bridgehead atoms. The van der Waals surface area contributed by atoms with E-state index >= 15 is 0 Å². The fourth-order valence-electron chi connectivity index (χ4n) is 3.39. The summed E-state index contributed by atoms with van der Waals surface area (Å²) in [6.07, 6.45) is 7.09. The number of unbranched alkanes of at least 4 members (excludes halogenated alkanes) is 1. The van der Waals surface area contributed by atoms with Gasteiger partial charge in [-0.15, -0.1) is 0 Å². The van der Waals surface area contributed by atoms with E-state index in [1.807, 2.05) is 24.3 Å². The Kier molecular flexibility index (Phi) is 8.67. The maximum atomic E-state index is 8.90. The zero-order valence-corrected chi connectivity index (χ0v) is 18.3. The minimum Gasteiger partial charge on any atom is -0.493 e. The average molecular weight is 422 g/mol. The SMILES string of the molecule is CCCC(Nc1cncc(-c2ccc(OCCCCO)c(OC)c2)n1)c1ccccc1. The predicted octanol–water partition coefficient (Wildman–Crippen LogP) is 5.26. The van der Waals surface area contributed by atoms with Gasteiger partial charge in [0.25, 0.3) is 0 Å². The van der Waals surface area contributed by atoms with E-state index in [1.54, 1.807) is 19.5 Å². The molecular formula is C25H31N3O3. The third-order valence-electron chi connectivity index (χ3n) is 5.01. The van der Waals surface area contributed by atoms with Gasteiger partial charge in [-0.2, -0.15) is 0 Å². The third kappa shape index (κ3) is 6.43. The first kappa shape index (κ1) is 22.6. The number of methoxy groups -OCH3 is 1. The maximum absolute atomic E-state index is 8.90. The third-order valence-corrected chi connectivity index (χ3v) is 5.01. The fraction of sp³-hybridized carbons (Fsp3) is 0.360. The number of aliphatic hydroxyl groups excluding tert-OH is 1. The Morgan fingerprint density at radius 1 is 1.03 bits per heavy atom. The molecule has 164 valence electrons. The van der Waals surface area contributed by atoms with Crippen LogP contribution < -0.4 is 14.8 Å². The van der Waals surface area contributed by atoms with Crippen LogP contribution in [-0.2, 0) is 0 Å². The number of rotatable bonds is 12. The summed E-state index contributed by atoms with van der Waals surface area (Å²) in [5.74, 6) is 2.07. The Bertz CT molecular complexity index is 934. The van der Waals surface area contributed by atoms with Crippen LogP contribution in [0.1, 0.15) is 44.2 Å². The van der Waals surface area contributed by atoms with Crippen LogP contribution >= 0.6 is 0 Å². The number of benzene rings is 2. The van der Waals surface area contributed by atoms with E-state index in [9.17, 15) is 0 Å². The molecule has 6 heteroatoms. The van der Waals surface area contributed by atoms with Gasteiger partial charge in [0.1, 0.15) is 5.82 Å². The molecule has 3 aromatic rings. The molecule has 2 aromatic carbocycles. The number of aliphatic hydroxyl groups is 1. The Balaban J connectivity index is 1.77. The number of aromatic nitrogens is 2. The average Bonchev–Trinajstić information content (AvgIpc) is 2.82. The summed E-state index contributed by atoms with van der Waals surface area (Å²) in [5.41, 5.74) is 2.90. The van der Waals surface area contributed by atoms with Crippen molar-refractivity contribution in [3.05, 3.63) is 66.5 Å². The number of anilines is 1. The molecule has 3 rings (SSSR count). The lowest BCUT2D eigenvalue weighted by molar-refractivity contribution is 0.247. The Hall–Kier alpha value is -3.12. The fourth-order valence-corrected chi connectivity index (χ4v) is 3.39. The van der Waals surface area contributed by atoms with Crippen LogP contribution in [0.5, 0.6) is 11.5 Å². The van der Waals surface area contributed by atoms with E-state index < -0.39 is 0 Å². The standard InChI is InChI=1S/C25H31N3O3/c1-3-9-21(19-10-5-4-6-11-19)27-25-18-26-17-22(28-25)20-12-13-23(24(16-20)30-2)31-15-8-7-14-29/h4-6,10-13,16-18,21,29H,3,7-9,14-15H2,1-2H3,(H,27,28). The first-order valence-corrected chi connectivity index (χ1v) is 10.8. The quantitative estimate of drug-likeness (QED) is 0.389. The molecule has 0 aliphatic heterocycles. The zero-order chi connectivity index (χ0) is 21.9. The van der Waals surface area contributed by atoms with Gasteiger partial charge in [0, 0.05) is 12.2 Å². The second-order valence-corrected chi connectivity index (χ2v) is 7.33. The monoisotopic (exact) mass is 421 g/mol. The molecule has 1 unspecified atom stereocenters. The molecule has 1 heterocycles. The van der Waals surface area contributed by atoms with Crippen LogP contribution in [-0.4, -0.2) is 35.4 Å². The summed E-state index contributed by atoms with van der Waals surface area (Å²) in [4.78, 5) is 9.18. The lowest BCUT2D eigenvalue weighted by atomic mass is 10.0. The van der Waals surface area contributed by atoms with Gasteiger partial charge in [0.05, 0.1) is 37.8 Å². The molecule has 0 aliphatic rings. The second-order valence-electron chi connectivity index (χ2n) is 7.33. The summed E-state index contributed by atoms with van der Waals surface area (Å²) >= 11 is 0. The van der Waals surface area contributed by atoms with Crippen molar-refractivity contribution >= 4 is 5.82 Å². The number of nitrogens with zero attached hydrogens (tertiary/aromatic N) is 2. The smallest absolute Gasteiger partial charge is 0.161 e. The van der Waals surface area contributed by atoms with Crippen LogP contribution in [0.25, 0.3) is 11.3 Å². The lowest BCUT2D eigenvalue weighted by Gasteiger charge is -2.19. The van der Waals surface area contributed by atoms with Crippen molar-refractivity contribution < 1.29 is 14.6 Å². The van der Waals surface area contributed by atoms with Crippen molar-refractivity contribution in [1.29, 1.82) is 0 Å². The van der Waals surface area contributed by atoms with Crippen molar-refractivity contribution in [3.63, 3.8) is 0 Å². The second kappa shape index (κ2) is 11.9. The molecule has 1 atom stereocenters. The molecule has 0 fully saturated rings. The van der Waals surface area contributed by atoms with Gasteiger partial charge in [0.2, 0.25) is 0 Å². The highest BCUT2D eigenvalue weighted by atomic mass is 16.5. The van der Waals surface area contributed by atoms with Gasteiger partial charge in [-0.05, 0) is 43.0 Å². The Labute approximate surface area is 184 Å². The molecule has 0 saturated carbocycles. The normalized spacial score (nSPS) is 11.7. The minimum atomic E-state index is 0.172. The van der Waals surface area contributed by atoms with E-state index in [-0.39, 0.29) is 12.6 Å². The molecule has 0 aliphatic carbocycles. The van der Waals surface area contributed by atoms with E-state index in [4.69, 9.17) is 19.6 Å². The minimum absolute atomic E-state index is 0.172. The maximum Gasteiger partial charge on any atom is 0.161 e. The highest BCUT2D eigenvalue weighted by Gasteiger charge is 2.13. The molecule has 2 N–H and O–H groups in total. The van der Waals surface area contributed by atoms with E-state index in [1.165, 1.54) is 5.56 Å². The van der Waals surface area contributed by atoms with Crippen LogP contribution in [0.4, 0.5) is 5.82 Å². The summed E-state index contributed by atoms with van der Waals surface area (Å²) in [6, 6.07) is 16.3. The van der Waals surface area contributed by atoms with Crippen LogP contribution in [0.3, 0.4) is 0 Å². The van der Waals surface area contributed by atoms with Gasteiger partial charge in [-0.25, -0.2) is 4.98 Å². The summed E-state index contributed by atoms with van der Waals surface area (Å²) in [7, 11) is 1.62. The molecule has 0 spiro atoms. The Morgan fingerprint density at radius 2 is 1.87 bits per heavy atom. The summed E-state index contributed by atoms with van der Waals surface area (Å²) in [6.45, 7) is 2.89. The Morgan fingerprint density at radius 3 is 2.61 bits per heavy atom. The highest BCUT2D eigenvalue weighted by Crippen LogP contribution is 2.32. The number of hydrogen-bond donors (Lipinski definition) is 2. The van der Waals surface area contributed by atoms with Crippen molar-refractivity contribution in [3.8, 4) is 22.8 Å². The predicted molar refractivity (Wildman–Crippen MR) is 124 cm³/mol. The van der Waals surface area contributed by atoms with Crippen molar-refractivity contribution in [2.24, 2.45) is 0 Å². The van der Waals surface area contributed by atoms with E-state index in [2.05, 4.69) is 41.5 Å². The highest BCUT2D eigenvalue weighted by molar-refractivity contribution is 5.64. The molecule has 31 heavy (non-hydrogen) atoms. The first-order valence-electron chi connectivity index (χ1n) is 10.8. The van der Waals surface area contributed by atoms with Crippen molar-refractivity contribution in [2.45, 2.75) is 38.6 Å². The zero-order valence-electron chi connectivity index (χ0n) is 18.3. The largest absolute Gasteiger partial charge is 0.493 e. The molecule has 0 saturated heterocycles. The van der Waals surface area contributed by atoms with Crippen LogP contribution in [0.2, 0.25) is 0 Å². The van der Waals surface area contributed by atoms with Gasteiger partial charge < -0.3 is 19.9 Å². The molecule has 0 amide bonds. The molecule has 0 radical (unpaired) electrons.